The molecule has 0 aliphatic heterocycles. The molecule has 1 heterocycles. The fourth-order valence-electron chi connectivity index (χ4n) is 4.62. The van der Waals surface area contributed by atoms with Crippen LogP contribution in [0.2, 0.25) is 0 Å². The van der Waals surface area contributed by atoms with E-state index in [1.54, 1.807) is 23.4 Å². The minimum atomic E-state index is -0.584. The summed E-state index contributed by atoms with van der Waals surface area (Å²) >= 11 is 5.57. The maximum absolute atomic E-state index is 13.1. The Labute approximate surface area is 235 Å². The van der Waals surface area contributed by atoms with Crippen molar-refractivity contribution >= 4 is 29.1 Å². The lowest BCUT2D eigenvalue weighted by Crippen LogP contribution is -2.38. The summed E-state index contributed by atoms with van der Waals surface area (Å²) in [4.78, 5) is 31.9. The molecule has 1 amide bonds. The van der Waals surface area contributed by atoms with E-state index in [-0.39, 0.29) is 12.0 Å². The standard InChI is InChI=1S/C31H49N3O3S/c1-5-6-7-8-9-10-11-12-13-14-15-16-17-18-22-34(30(36)37-31(2,3)4)26-19-20-27(28(38)24-26)29(35)33-23-21-32-25-33/h19-21,23,25H,5-18,22,24H2,1-4H3. The van der Waals surface area contributed by atoms with Gasteiger partial charge in [-0.1, -0.05) is 103 Å². The average molecular weight is 544 g/mol. The number of thiocarbonyl (C=S) groups is 1. The number of rotatable bonds is 17. The third-order valence-corrected chi connectivity index (χ3v) is 7.11. The molecule has 7 heteroatoms. The predicted molar refractivity (Wildman–Crippen MR) is 159 cm³/mol. The normalized spacial score (nSPS) is 13.7. The number of allylic oxidation sites excluding steroid dienone is 4. The molecule has 38 heavy (non-hydrogen) atoms. The van der Waals surface area contributed by atoms with Crippen molar-refractivity contribution in [2.45, 2.75) is 130 Å². The lowest BCUT2D eigenvalue weighted by atomic mass is 10.0. The van der Waals surface area contributed by atoms with Gasteiger partial charge in [-0.05, 0) is 39.3 Å². The van der Waals surface area contributed by atoms with Crippen LogP contribution in [-0.2, 0) is 4.74 Å². The monoisotopic (exact) mass is 543 g/mol. The van der Waals surface area contributed by atoms with E-state index in [1.165, 1.54) is 87.9 Å². The highest BCUT2D eigenvalue weighted by Crippen LogP contribution is 2.24. The van der Waals surface area contributed by atoms with Gasteiger partial charge < -0.3 is 4.74 Å². The van der Waals surface area contributed by atoms with E-state index in [9.17, 15) is 9.59 Å². The van der Waals surface area contributed by atoms with E-state index < -0.39 is 5.60 Å². The Morgan fingerprint density at radius 2 is 1.47 bits per heavy atom. The third-order valence-electron chi connectivity index (χ3n) is 6.75. The molecule has 0 saturated carbocycles. The summed E-state index contributed by atoms with van der Waals surface area (Å²) in [5.74, 6) is -0.210. The van der Waals surface area contributed by atoms with Crippen molar-refractivity contribution in [3.8, 4) is 0 Å². The van der Waals surface area contributed by atoms with Crippen molar-refractivity contribution < 1.29 is 14.3 Å². The van der Waals surface area contributed by atoms with Crippen LogP contribution >= 0.6 is 12.2 Å². The molecule has 1 aromatic rings. The first kappa shape index (κ1) is 31.9. The largest absolute Gasteiger partial charge is 0.443 e. The van der Waals surface area contributed by atoms with Gasteiger partial charge >= 0.3 is 6.09 Å². The van der Waals surface area contributed by atoms with Crippen LogP contribution in [0.4, 0.5) is 4.79 Å². The van der Waals surface area contributed by atoms with Crippen LogP contribution in [0.1, 0.15) is 129 Å². The molecule has 212 valence electrons. The molecule has 0 atom stereocenters. The molecule has 2 rings (SSSR count). The number of amides is 1. The van der Waals surface area contributed by atoms with Gasteiger partial charge in [-0.2, -0.15) is 0 Å². The summed E-state index contributed by atoms with van der Waals surface area (Å²) in [6.45, 7) is 8.47. The van der Waals surface area contributed by atoms with Crippen LogP contribution in [0.15, 0.2) is 42.1 Å². The second-order valence-electron chi connectivity index (χ2n) is 11.3. The molecule has 1 aliphatic carbocycles. The van der Waals surface area contributed by atoms with Gasteiger partial charge in [0, 0.05) is 35.9 Å². The second-order valence-corrected chi connectivity index (χ2v) is 11.8. The van der Waals surface area contributed by atoms with Gasteiger partial charge in [0.05, 0.1) is 5.57 Å². The highest BCUT2D eigenvalue weighted by atomic mass is 32.1. The van der Waals surface area contributed by atoms with Crippen LogP contribution in [-0.4, -0.2) is 43.5 Å². The van der Waals surface area contributed by atoms with Crippen molar-refractivity contribution in [3.63, 3.8) is 0 Å². The number of carbonyl (C=O) groups is 2. The first-order valence-corrected chi connectivity index (χ1v) is 15.1. The highest BCUT2D eigenvalue weighted by Gasteiger charge is 2.28. The number of imidazole rings is 1. The number of nitrogens with zero attached hydrogens (tertiary/aromatic N) is 3. The fraction of sp³-hybridized carbons (Fsp3) is 0.677. The number of aromatic nitrogens is 2. The second kappa shape index (κ2) is 17.3. The Morgan fingerprint density at radius 3 is 1.95 bits per heavy atom. The molecule has 1 aromatic heterocycles. The number of ether oxygens (including phenoxy) is 1. The third kappa shape index (κ3) is 12.1. The molecule has 6 nitrogen and oxygen atoms in total. The Morgan fingerprint density at radius 1 is 0.921 bits per heavy atom. The zero-order chi connectivity index (χ0) is 27.8. The topological polar surface area (TPSA) is 64.4 Å². The van der Waals surface area contributed by atoms with Gasteiger partial charge in [0.2, 0.25) is 0 Å². The molecule has 0 unspecified atom stereocenters. The van der Waals surface area contributed by atoms with Gasteiger partial charge in [-0.15, -0.1) is 0 Å². The van der Waals surface area contributed by atoms with Crippen LogP contribution in [0, 0.1) is 0 Å². The van der Waals surface area contributed by atoms with Crippen molar-refractivity contribution in [1.29, 1.82) is 0 Å². The SMILES string of the molecule is CCCCCCCCCCCCCCCCN(C(=O)OC(C)(C)C)C1=CC=C(C(=O)n2ccnc2)C(=S)C1. The summed E-state index contributed by atoms with van der Waals surface area (Å²) in [6, 6.07) is 0. The first-order chi connectivity index (χ1) is 18.2. The maximum Gasteiger partial charge on any atom is 0.414 e. The summed E-state index contributed by atoms with van der Waals surface area (Å²) in [7, 11) is 0. The molecule has 0 radical (unpaired) electrons. The molecule has 1 aliphatic rings. The Bertz CT molecular complexity index is 929. The number of carbonyl (C=O) groups excluding carboxylic acids is 2. The zero-order valence-corrected chi connectivity index (χ0v) is 25.0. The van der Waals surface area contributed by atoms with Crippen molar-refractivity contribution in [3.05, 3.63) is 42.1 Å². The zero-order valence-electron chi connectivity index (χ0n) is 24.2. The molecule has 0 saturated heterocycles. The summed E-state index contributed by atoms with van der Waals surface area (Å²) < 4.78 is 7.11. The molecule has 0 N–H and O–H groups in total. The minimum absolute atomic E-state index is 0.210. The van der Waals surface area contributed by atoms with Crippen LogP contribution in [0.3, 0.4) is 0 Å². The molecular formula is C31H49N3O3S. The van der Waals surface area contributed by atoms with Gasteiger partial charge in [0.1, 0.15) is 11.9 Å². The van der Waals surface area contributed by atoms with E-state index in [0.29, 0.717) is 23.4 Å². The average Bonchev–Trinajstić information content (AvgIpc) is 3.40. The Balaban J connectivity index is 1.78. The van der Waals surface area contributed by atoms with E-state index in [0.717, 1.165) is 18.5 Å². The number of unbranched alkanes of at least 4 members (excludes halogenated alkanes) is 13. The van der Waals surface area contributed by atoms with Crippen LogP contribution in [0.5, 0.6) is 0 Å². The summed E-state index contributed by atoms with van der Waals surface area (Å²) in [5.41, 5.74) is 0.655. The fourth-order valence-corrected chi connectivity index (χ4v) is 4.92. The van der Waals surface area contributed by atoms with E-state index in [2.05, 4.69) is 11.9 Å². The van der Waals surface area contributed by atoms with E-state index >= 15 is 0 Å². The highest BCUT2D eigenvalue weighted by molar-refractivity contribution is 7.81. The Kier molecular flexibility index (Phi) is 14.6. The number of hydrogen-bond acceptors (Lipinski definition) is 5. The van der Waals surface area contributed by atoms with Gasteiger partial charge in [0.15, 0.2) is 0 Å². The summed E-state index contributed by atoms with van der Waals surface area (Å²) in [6.07, 6.45) is 26.2. The van der Waals surface area contributed by atoms with Crippen molar-refractivity contribution in [2.75, 3.05) is 6.54 Å². The smallest absolute Gasteiger partial charge is 0.414 e. The predicted octanol–water partition coefficient (Wildman–Crippen LogP) is 8.83. The molecule has 0 spiro atoms. The molecule has 0 fully saturated rings. The molecular weight excluding hydrogens is 494 g/mol. The lowest BCUT2D eigenvalue weighted by Gasteiger charge is -2.30. The maximum atomic E-state index is 13.1. The van der Waals surface area contributed by atoms with Crippen LogP contribution in [0.25, 0.3) is 0 Å². The quantitative estimate of drug-likeness (QED) is 0.145. The lowest BCUT2D eigenvalue weighted by molar-refractivity contribution is 0.0308. The number of hydrogen-bond donors (Lipinski definition) is 0. The van der Waals surface area contributed by atoms with Gasteiger partial charge in [0.25, 0.3) is 5.91 Å². The molecule has 0 aromatic carbocycles. The van der Waals surface area contributed by atoms with E-state index in [4.69, 9.17) is 17.0 Å². The Hall–Kier alpha value is -2.28. The molecule has 0 bridgehead atoms. The van der Waals surface area contributed by atoms with Gasteiger partial charge in [-0.3, -0.25) is 14.3 Å². The van der Waals surface area contributed by atoms with Crippen LogP contribution < -0.4 is 0 Å². The first-order valence-electron chi connectivity index (χ1n) is 14.7. The van der Waals surface area contributed by atoms with Crippen molar-refractivity contribution in [1.82, 2.24) is 14.5 Å². The summed E-state index contributed by atoms with van der Waals surface area (Å²) in [5, 5.41) is 0. The van der Waals surface area contributed by atoms with E-state index in [1.807, 2.05) is 26.8 Å². The van der Waals surface area contributed by atoms with Gasteiger partial charge in [-0.25, -0.2) is 9.78 Å². The van der Waals surface area contributed by atoms with Crippen molar-refractivity contribution in [2.24, 2.45) is 0 Å². The minimum Gasteiger partial charge on any atom is -0.443 e.